The van der Waals surface area contributed by atoms with E-state index in [1.54, 1.807) is 0 Å². The van der Waals surface area contributed by atoms with Crippen LogP contribution in [0, 0.1) is 12.1 Å². The summed E-state index contributed by atoms with van der Waals surface area (Å²) in [7, 11) is 0. The topological polar surface area (TPSA) is 12.0 Å². The molecule has 0 saturated heterocycles. The summed E-state index contributed by atoms with van der Waals surface area (Å²) in [5.41, 5.74) is 2.74. The molecule has 0 radical (unpaired) electrons. The Labute approximate surface area is 54.7 Å². The van der Waals surface area contributed by atoms with Crippen molar-refractivity contribution < 1.29 is 0 Å². The Morgan fingerprint density at radius 2 is 1.67 bits per heavy atom. The minimum absolute atomic E-state index is 1.00. The Kier molecular flexibility index (Phi) is 0.941. The van der Waals surface area contributed by atoms with Gasteiger partial charge in [0.2, 0.25) is 0 Å². The first-order chi connectivity index (χ1) is 4.47. The zero-order valence-corrected chi connectivity index (χ0v) is 5.07. The van der Waals surface area contributed by atoms with Crippen LogP contribution in [-0.2, 0) is 13.1 Å². The summed E-state index contributed by atoms with van der Waals surface area (Å²) in [4.78, 5) is 0. The van der Waals surface area contributed by atoms with Crippen LogP contribution in [0.4, 0.5) is 0 Å². The van der Waals surface area contributed by atoms with Crippen molar-refractivity contribution in [2.75, 3.05) is 0 Å². The van der Waals surface area contributed by atoms with E-state index < -0.39 is 0 Å². The number of rotatable bonds is 0. The fourth-order valence-electron chi connectivity index (χ4n) is 1.10. The average Bonchev–Trinajstić information content (AvgIpc) is 2.33. The third-order valence-corrected chi connectivity index (χ3v) is 1.62. The van der Waals surface area contributed by atoms with Gasteiger partial charge in [0.25, 0.3) is 0 Å². The van der Waals surface area contributed by atoms with Crippen molar-refractivity contribution in [2.45, 2.75) is 13.1 Å². The number of nitrogens with one attached hydrogen (secondary N) is 1. The molecule has 1 heteroatoms. The lowest BCUT2D eigenvalue weighted by molar-refractivity contribution is 0.764. The Bertz CT molecular complexity index is 195. The summed E-state index contributed by atoms with van der Waals surface area (Å²) in [6.45, 7) is 2.00. The normalized spacial score (nSPS) is 14.7. The smallest absolute Gasteiger partial charge is 0.0218 e. The predicted molar refractivity (Wildman–Crippen MR) is 34.7 cm³/mol. The molecule has 0 saturated carbocycles. The van der Waals surface area contributed by atoms with Gasteiger partial charge in [0.05, 0.1) is 0 Å². The lowest BCUT2D eigenvalue weighted by atomic mass is 10.2. The van der Waals surface area contributed by atoms with E-state index in [2.05, 4.69) is 17.4 Å². The fraction of sp³-hybridized carbons (Fsp3) is 0.250. The Morgan fingerprint density at radius 1 is 1.11 bits per heavy atom. The molecule has 0 amide bonds. The molecule has 0 spiro atoms. The first kappa shape index (κ1) is 4.84. The molecule has 1 aliphatic rings. The van der Waals surface area contributed by atoms with Gasteiger partial charge in [-0.1, -0.05) is 12.1 Å². The standard InChI is InChI=1S/C8H7N/c1-2-4-8-6-9-5-7(8)3-1/h3-4,9H,5-6H2. The molecule has 1 aromatic carbocycles. The minimum Gasteiger partial charge on any atom is -0.309 e. The van der Waals surface area contributed by atoms with Crippen molar-refractivity contribution in [3.63, 3.8) is 0 Å². The summed E-state index contributed by atoms with van der Waals surface area (Å²) >= 11 is 0. The first-order valence-corrected chi connectivity index (χ1v) is 3.07. The van der Waals surface area contributed by atoms with E-state index in [4.69, 9.17) is 0 Å². The van der Waals surface area contributed by atoms with E-state index in [1.807, 2.05) is 12.1 Å². The molecule has 1 heterocycles. The van der Waals surface area contributed by atoms with Gasteiger partial charge in [-0.25, -0.2) is 0 Å². The summed E-state index contributed by atoms with van der Waals surface area (Å²) < 4.78 is 0. The Hall–Kier alpha value is -1.00. The van der Waals surface area contributed by atoms with Gasteiger partial charge in [-0.3, -0.25) is 0 Å². The number of fused-ring (bicyclic) bond motifs is 1. The van der Waals surface area contributed by atoms with Gasteiger partial charge >= 0.3 is 0 Å². The van der Waals surface area contributed by atoms with Crippen LogP contribution in [0.15, 0.2) is 12.1 Å². The highest BCUT2D eigenvalue weighted by Crippen LogP contribution is 2.10. The van der Waals surface area contributed by atoms with Crippen LogP contribution < -0.4 is 5.32 Å². The molecule has 44 valence electrons. The lowest BCUT2D eigenvalue weighted by Crippen LogP contribution is -1.99. The largest absolute Gasteiger partial charge is 0.309 e. The fourth-order valence-corrected chi connectivity index (χ4v) is 1.10. The van der Waals surface area contributed by atoms with Gasteiger partial charge in [0.1, 0.15) is 0 Å². The van der Waals surface area contributed by atoms with Crippen LogP contribution in [0.3, 0.4) is 0 Å². The molecule has 2 rings (SSSR count). The molecule has 0 aromatic heterocycles. The highest BCUT2D eigenvalue weighted by atomic mass is 14.9. The average molecular weight is 117 g/mol. The molecule has 1 nitrogen and oxygen atoms in total. The highest BCUT2D eigenvalue weighted by Gasteiger charge is 2.06. The van der Waals surface area contributed by atoms with Gasteiger partial charge in [0, 0.05) is 13.1 Å². The van der Waals surface area contributed by atoms with E-state index in [0.29, 0.717) is 0 Å². The molecule has 0 unspecified atom stereocenters. The van der Waals surface area contributed by atoms with Crippen LogP contribution in [0.5, 0.6) is 0 Å². The third kappa shape index (κ3) is 0.684. The quantitative estimate of drug-likeness (QED) is 0.532. The summed E-state index contributed by atoms with van der Waals surface area (Å²) in [5, 5.41) is 3.25. The van der Waals surface area contributed by atoms with Crippen molar-refractivity contribution in [1.82, 2.24) is 5.32 Å². The maximum absolute atomic E-state index is 3.25. The molecule has 0 fully saturated rings. The Morgan fingerprint density at radius 3 is 2.22 bits per heavy atom. The Balaban J connectivity index is 2.54. The van der Waals surface area contributed by atoms with Crippen molar-refractivity contribution in [3.05, 3.63) is 35.4 Å². The number of hydrogen-bond acceptors (Lipinski definition) is 1. The van der Waals surface area contributed by atoms with Crippen LogP contribution in [0.25, 0.3) is 0 Å². The van der Waals surface area contributed by atoms with Gasteiger partial charge in [-0.15, -0.1) is 0 Å². The van der Waals surface area contributed by atoms with E-state index in [-0.39, 0.29) is 0 Å². The van der Waals surface area contributed by atoms with Gasteiger partial charge in [-0.05, 0) is 23.3 Å². The second-order valence-corrected chi connectivity index (χ2v) is 2.23. The zero-order valence-electron chi connectivity index (χ0n) is 5.07. The summed E-state index contributed by atoms with van der Waals surface area (Å²) in [5.74, 6) is 0. The maximum atomic E-state index is 3.25. The molecule has 0 atom stereocenters. The third-order valence-electron chi connectivity index (χ3n) is 1.62. The van der Waals surface area contributed by atoms with Crippen LogP contribution in [0.2, 0.25) is 0 Å². The molecule has 9 heavy (non-hydrogen) atoms. The van der Waals surface area contributed by atoms with Crippen molar-refractivity contribution in [3.8, 4) is 0 Å². The van der Waals surface area contributed by atoms with Crippen LogP contribution >= 0.6 is 0 Å². The molecule has 0 bridgehead atoms. The predicted octanol–water partition coefficient (Wildman–Crippen LogP) is 0.890. The molecule has 1 aliphatic heterocycles. The highest BCUT2D eigenvalue weighted by molar-refractivity contribution is 5.26. The van der Waals surface area contributed by atoms with E-state index in [9.17, 15) is 0 Å². The second kappa shape index (κ2) is 1.75. The summed E-state index contributed by atoms with van der Waals surface area (Å²) in [6.07, 6.45) is 0. The van der Waals surface area contributed by atoms with Gasteiger partial charge < -0.3 is 5.32 Å². The van der Waals surface area contributed by atoms with Crippen molar-refractivity contribution in [1.29, 1.82) is 0 Å². The monoisotopic (exact) mass is 117 g/mol. The molecular formula is C8H7N. The maximum Gasteiger partial charge on any atom is 0.0218 e. The van der Waals surface area contributed by atoms with Gasteiger partial charge in [0.15, 0.2) is 0 Å². The summed E-state index contributed by atoms with van der Waals surface area (Å²) in [6, 6.07) is 9.85. The minimum atomic E-state index is 1.00. The molecule has 0 aliphatic carbocycles. The first-order valence-electron chi connectivity index (χ1n) is 3.07. The van der Waals surface area contributed by atoms with Gasteiger partial charge in [-0.2, -0.15) is 0 Å². The second-order valence-electron chi connectivity index (χ2n) is 2.23. The molecular weight excluding hydrogens is 110 g/mol. The lowest BCUT2D eigenvalue weighted by Gasteiger charge is -1.87. The van der Waals surface area contributed by atoms with Crippen molar-refractivity contribution >= 4 is 0 Å². The van der Waals surface area contributed by atoms with Crippen LogP contribution in [0.1, 0.15) is 11.1 Å². The number of hydrogen-bond donors (Lipinski definition) is 1. The molecule has 1 aromatic rings. The van der Waals surface area contributed by atoms with Crippen molar-refractivity contribution in [2.24, 2.45) is 0 Å². The molecule has 1 N–H and O–H groups in total. The van der Waals surface area contributed by atoms with E-state index in [0.717, 1.165) is 13.1 Å². The zero-order chi connectivity index (χ0) is 6.10. The van der Waals surface area contributed by atoms with E-state index in [1.165, 1.54) is 11.1 Å². The van der Waals surface area contributed by atoms with E-state index >= 15 is 0 Å². The van der Waals surface area contributed by atoms with Crippen LogP contribution in [-0.4, -0.2) is 0 Å². The SMILES string of the molecule is c1cc2c(cc#1)CNC2.